The Kier molecular flexibility index (Phi) is 6.40. The average molecular weight is 446 g/mol. The highest BCUT2D eigenvalue weighted by Gasteiger charge is 2.36. The molecule has 2 aromatic heterocycles. The van der Waals surface area contributed by atoms with Crippen LogP contribution in [-0.4, -0.2) is 49.5 Å². The summed E-state index contributed by atoms with van der Waals surface area (Å²) in [5.74, 6) is -1.34. The zero-order valence-corrected chi connectivity index (χ0v) is 17.8. The number of nitrogens with one attached hydrogen (secondary N) is 1. The van der Waals surface area contributed by atoms with E-state index in [1.807, 2.05) is 12.1 Å². The number of benzene rings is 1. The predicted molar refractivity (Wildman–Crippen MR) is 113 cm³/mol. The molecule has 7 nitrogen and oxygen atoms in total. The van der Waals surface area contributed by atoms with E-state index in [0.717, 1.165) is 23.2 Å². The molecular weight excluding hydrogens is 421 g/mol. The second-order valence-electron chi connectivity index (χ2n) is 8.08. The van der Waals surface area contributed by atoms with Gasteiger partial charge in [-0.1, -0.05) is 30.7 Å². The summed E-state index contributed by atoms with van der Waals surface area (Å²) in [5.41, 5.74) is 2.02. The first-order chi connectivity index (χ1) is 15.3. The highest BCUT2D eigenvalue weighted by atomic mass is 19.4. The van der Waals surface area contributed by atoms with E-state index in [0.29, 0.717) is 30.3 Å². The molecule has 3 heterocycles. The molecule has 0 unspecified atom stereocenters. The molecular formula is C22H25F3N6O. The van der Waals surface area contributed by atoms with E-state index in [-0.39, 0.29) is 11.7 Å². The molecule has 1 saturated heterocycles. The molecule has 0 saturated carbocycles. The van der Waals surface area contributed by atoms with Gasteiger partial charge in [0.1, 0.15) is 0 Å². The number of carbonyl (C=O) groups is 1. The van der Waals surface area contributed by atoms with Gasteiger partial charge in [-0.25, -0.2) is 4.98 Å². The minimum atomic E-state index is -4.64. The Hall–Kier alpha value is -3.01. The second kappa shape index (κ2) is 9.23. The van der Waals surface area contributed by atoms with E-state index in [1.54, 1.807) is 18.2 Å². The molecule has 1 aliphatic heterocycles. The van der Waals surface area contributed by atoms with Crippen LogP contribution in [0.5, 0.6) is 0 Å². The lowest BCUT2D eigenvalue weighted by Crippen LogP contribution is -2.39. The summed E-state index contributed by atoms with van der Waals surface area (Å²) in [6, 6.07) is 9.33. The molecule has 10 heteroatoms. The lowest BCUT2D eigenvalue weighted by Gasteiger charge is -2.33. The zero-order valence-electron chi connectivity index (χ0n) is 17.8. The molecule has 0 bridgehead atoms. The maximum atomic E-state index is 12.9. The maximum Gasteiger partial charge on any atom is 0.453 e. The van der Waals surface area contributed by atoms with Gasteiger partial charge in [-0.05, 0) is 37.9 Å². The van der Waals surface area contributed by atoms with Gasteiger partial charge in [-0.2, -0.15) is 22.7 Å². The van der Waals surface area contributed by atoms with E-state index in [2.05, 4.69) is 32.2 Å². The van der Waals surface area contributed by atoms with Crippen LogP contribution in [0.3, 0.4) is 0 Å². The SMILES string of the molecule is C[C@H]1CCCCN1CCC(=O)NCc1ccc(-c2ccnc3nc(C(F)(F)F)nn23)cc1. The third-order valence-electron chi connectivity index (χ3n) is 5.80. The van der Waals surface area contributed by atoms with Gasteiger partial charge >= 0.3 is 6.18 Å². The summed E-state index contributed by atoms with van der Waals surface area (Å²) < 4.78 is 39.9. The molecule has 4 rings (SSSR count). The van der Waals surface area contributed by atoms with Crippen molar-refractivity contribution in [2.45, 2.75) is 51.4 Å². The Labute approximate surface area is 183 Å². The summed E-state index contributed by atoms with van der Waals surface area (Å²) in [7, 11) is 0. The molecule has 0 aliphatic carbocycles. The average Bonchev–Trinajstić information content (AvgIpc) is 3.23. The Morgan fingerprint density at radius 1 is 1.19 bits per heavy atom. The van der Waals surface area contributed by atoms with Crippen LogP contribution in [0.25, 0.3) is 17.0 Å². The molecule has 32 heavy (non-hydrogen) atoms. The minimum Gasteiger partial charge on any atom is -0.352 e. The van der Waals surface area contributed by atoms with Gasteiger partial charge in [0, 0.05) is 37.3 Å². The molecule has 1 aromatic carbocycles. The standard InChI is InChI=1S/C22H25F3N6O/c1-15-4-2-3-12-30(15)13-10-19(32)27-14-16-5-7-17(8-6-16)18-9-11-26-21-28-20(22(23,24)25)29-31(18)21/h5-9,11,15H,2-4,10,12-14H2,1H3,(H,27,32)/t15-/m0/s1. The topological polar surface area (TPSA) is 75.4 Å². The van der Waals surface area contributed by atoms with Crippen LogP contribution in [0, 0.1) is 0 Å². The molecule has 0 spiro atoms. The van der Waals surface area contributed by atoms with Crippen molar-refractivity contribution in [1.29, 1.82) is 0 Å². The number of aromatic nitrogens is 4. The number of amides is 1. The first-order valence-electron chi connectivity index (χ1n) is 10.7. The first-order valence-corrected chi connectivity index (χ1v) is 10.7. The van der Waals surface area contributed by atoms with Gasteiger partial charge in [-0.3, -0.25) is 4.79 Å². The smallest absolute Gasteiger partial charge is 0.352 e. The third-order valence-corrected chi connectivity index (χ3v) is 5.80. The van der Waals surface area contributed by atoms with Crippen molar-refractivity contribution in [3.05, 3.63) is 47.9 Å². The second-order valence-corrected chi connectivity index (χ2v) is 8.08. The number of fused-ring (bicyclic) bond motifs is 1. The van der Waals surface area contributed by atoms with Crippen molar-refractivity contribution in [3.63, 3.8) is 0 Å². The fourth-order valence-corrected chi connectivity index (χ4v) is 3.95. The number of piperidine rings is 1. The van der Waals surface area contributed by atoms with Crippen molar-refractivity contribution >= 4 is 11.7 Å². The molecule has 1 aliphatic rings. The molecule has 1 fully saturated rings. The molecule has 1 atom stereocenters. The third kappa shape index (κ3) is 5.07. The summed E-state index contributed by atoms with van der Waals surface area (Å²) >= 11 is 0. The zero-order chi connectivity index (χ0) is 22.7. The Morgan fingerprint density at radius 3 is 2.69 bits per heavy atom. The fraction of sp³-hybridized carbons (Fsp3) is 0.455. The van der Waals surface area contributed by atoms with Gasteiger partial charge < -0.3 is 10.2 Å². The Morgan fingerprint density at radius 2 is 1.97 bits per heavy atom. The van der Waals surface area contributed by atoms with E-state index in [9.17, 15) is 18.0 Å². The number of hydrogen-bond donors (Lipinski definition) is 1. The van der Waals surface area contributed by atoms with Gasteiger partial charge in [-0.15, -0.1) is 5.10 Å². The number of rotatable bonds is 6. The van der Waals surface area contributed by atoms with Gasteiger partial charge in [0.15, 0.2) is 0 Å². The lowest BCUT2D eigenvalue weighted by atomic mass is 10.0. The van der Waals surface area contributed by atoms with Gasteiger partial charge in [0.05, 0.1) is 5.69 Å². The van der Waals surface area contributed by atoms with E-state index in [4.69, 9.17) is 0 Å². The molecule has 0 radical (unpaired) electrons. The minimum absolute atomic E-state index is 0.00462. The van der Waals surface area contributed by atoms with Crippen molar-refractivity contribution < 1.29 is 18.0 Å². The van der Waals surface area contributed by atoms with Crippen LogP contribution in [0.2, 0.25) is 0 Å². The monoisotopic (exact) mass is 446 g/mol. The van der Waals surface area contributed by atoms with Crippen molar-refractivity contribution in [1.82, 2.24) is 29.8 Å². The van der Waals surface area contributed by atoms with Crippen LogP contribution < -0.4 is 5.32 Å². The van der Waals surface area contributed by atoms with Crippen LogP contribution >= 0.6 is 0 Å². The Bertz CT molecular complexity index is 1080. The van der Waals surface area contributed by atoms with E-state index >= 15 is 0 Å². The van der Waals surface area contributed by atoms with Crippen LogP contribution in [-0.2, 0) is 17.5 Å². The summed E-state index contributed by atoms with van der Waals surface area (Å²) in [4.78, 5) is 21.9. The van der Waals surface area contributed by atoms with Crippen LogP contribution in [0.4, 0.5) is 13.2 Å². The van der Waals surface area contributed by atoms with Gasteiger partial charge in [0.2, 0.25) is 5.91 Å². The molecule has 170 valence electrons. The number of nitrogens with zero attached hydrogens (tertiary/aromatic N) is 5. The van der Waals surface area contributed by atoms with E-state index < -0.39 is 12.0 Å². The van der Waals surface area contributed by atoms with Gasteiger partial charge in [0.25, 0.3) is 11.6 Å². The lowest BCUT2D eigenvalue weighted by molar-refractivity contribution is -0.144. The number of halogens is 3. The summed E-state index contributed by atoms with van der Waals surface area (Å²) in [6.45, 7) is 4.41. The summed E-state index contributed by atoms with van der Waals surface area (Å²) in [5, 5.41) is 6.50. The maximum absolute atomic E-state index is 12.9. The van der Waals surface area contributed by atoms with E-state index in [1.165, 1.54) is 25.5 Å². The number of alkyl halides is 3. The summed E-state index contributed by atoms with van der Waals surface area (Å²) in [6.07, 6.45) is 0.852. The van der Waals surface area contributed by atoms with Crippen molar-refractivity contribution in [2.24, 2.45) is 0 Å². The molecule has 1 amide bonds. The highest BCUT2D eigenvalue weighted by molar-refractivity contribution is 5.76. The largest absolute Gasteiger partial charge is 0.453 e. The first kappa shape index (κ1) is 22.2. The van der Waals surface area contributed by atoms with Crippen molar-refractivity contribution in [2.75, 3.05) is 13.1 Å². The van der Waals surface area contributed by atoms with Crippen molar-refractivity contribution in [3.8, 4) is 11.3 Å². The fourth-order valence-electron chi connectivity index (χ4n) is 3.95. The highest BCUT2D eigenvalue weighted by Crippen LogP contribution is 2.28. The predicted octanol–water partition coefficient (Wildman–Crippen LogP) is 3.69. The molecule has 1 N–H and O–H groups in total. The quantitative estimate of drug-likeness (QED) is 0.625. The molecule has 3 aromatic rings. The number of carbonyl (C=O) groups excluding carboxylic acids is 1. The number of likely N-dealkylation sites (tertiary alicyclic amines) is 1. The Balaban J connectivity index is 1.37. The van der Waals surface area contributed by atoms with Crippen LogP contribution in [0.1, 0.15) is 44.0 Å². The van der Waals surface area contributed by atoms with Crippen LogP contribution in [0.15, 0.2) is 36.5 Å². The normalized spacial score (nSPS) is 17.6. The number of hydrogen-bond acceptors (Lipinski definition) is 5.